The first-order valence-electron chi connectivity index (χ1n) is 12.5. The molecule has 0 atom stereocenters. The molecule has 3 aromatic heterocycles. The van der Waals surface area contributed by atoms with Crippen molar-refractivity contribution in [1.29, 1.82) is 0 Å². The number of hydrogen-bond donors (Lipinski definition) is 0. The van der Waals surface area contributed by atoms with Crippen LogP contribution >= 0.6 is 0 Å². The third-order valence-electron chi connectivity index (χ3n) is 7.42. The second kappa shape index (κ2) is 7.97. The summed E-state index contributed by atoms with van der Waals surface area (Å²) < 4.78 is 6.48. The van der Waals surface area contributed by atoms with Crippen molar-refractivity contribution in [3.8, 4) is 22.5 Å². The van der Waals surface area contributed by atoms with Crippen LogP contribution in [0.3, 0.4) is 0 Å². The number of hydrogen-bond acceptors (Lipinski definition) is 4. The molecule has 0 aliphatic rings. The molecule has 0 saturated carbocycles. The fraction of sp³-hybridized carbons (Fsp3) is 0.121. The third-order valence-corrected chi connectivity index (χ3v) is 7.42. The van der Waals surface area contributed by atoms with Gasteiger partial charge < -0.3 is 4.42 Å². The smallest absolute Gasteiger partial charge is 0.227 e. The standard InChI is InChI=1S/C33H25N3O/c1-18-15-21(4)29-22(16-18)11-12-25-30(34-17-35-31(25)29)26-10-6-9-23-24-13-14-27(36-33(24)37-32(23)26)28-19(2)7-5-8-20(28)3/h5-17H,1-4H3. The summed E-state index contributed by atoms with van der Waals surface area (Å²) in [7, 11) is 0. The number of nitrogens with zero attached hydrogens (tertiary/aromatic N) is 3. The van der Waals surface area contributed by atoms with Gasteiger partial charge in [-0.3, -0.25) is 0 Å². The monoisotopic (exact) mass is 479 g/mol. The number of para-hydroxylation sites is 1. The molecule has 7 rings (SSSR count). The molecule has 0 unspecified atom stereocenters. The molecule has 4 aromatic carbocycles. The molecule has 0 fully saturated rings. The zero-order chi connectivity index (χ0) is 25.3. The lowest BCUT2D eigenvalue weighted by molar-refractivity contribution is 0.655. The highest BCUT2D eigenvalue weighted by molar-refractivity contribution is 6.14. The van der Waals surface area contributed by atoms with E-state index in [1.165, 1.54) is 33.0 Å². The molecule has 0 saturated heterocycles. The summed E-state index contributed by atoms with van der Waals surface area (Å²) in [6, 6.07) is 25.5. The van der Waals surface area contributed by atoms with Crippen LogP contribution in [0.25, 0.3) is 66.3 Å². The second-order valence-corrected chi connectivity index (χ2v) is 9.96. The highest BCUT2D eigenvalue weighted by Crippen LogP contribution is 2.39. The van der Waals surface area contributed by atoms with Gasteiger partial charge in [-0.15, -0.1) is 0 Å². The van der Waals surface area contributed by atoms with E-state index in [9.17, 15) is 0 Å². The van der Waals surface area contributed by atoms with Crippen molar-refractivity contribution < 1.29 is 4.42 Å². The maximum atomic E-state index is 6.48. The average Bonchev–Trinajstić information content (AvgIpc) is 3.26. The topological polar surface area (TPSA) is 51.8 Å². The SMILES string of the molecule is Cc1cc(C)c2c(ccc3c(-c4cccc5c4oc4nc(-c6c(C)cccc6C)ccc45)ncnc32)c1. The van der Waals surface area contributed by atoms with Gasteiger partial charge in [0, 0.05) is 32.7 Å². The maximum Gasteiger partial charge on any atom is 0.227 e. The Hall–Kier alpha value is -4.57. The number of aromatic nitrogens is 3. The van der Waals surface area contributed by atoms with Crippen LogP contribution in [-0.4, -0.2) is 15.0 Å². The lowest BCUT2D eigenvalue weighted by Gasteiger charge is -2.11. The molecule has 37 heavy (non-hydrogen) atoms. The van der Waals surface area contributed by atoms with Crippen molar-refractivity contribution in [2.45, 2.75) is 27.7 Å². The molecule has 178 valence electrons. The average molecular weight is 480 g/mol. The predicted molar refractivity (Wildman–Crippen MR) is 152 cm³/mol. The van der Waals surface area contributed by atoms with Gasteiger partial charge in [-0.1, -0.05) is 54.1 Å². The van der Waals surface area contributed by atoms with Gasteiger partial charge in [0.15, 0.2) is 0 Å². The van der Waals surface area contributed by atoms with Crippen LogP contribution in [0.4, 0.5) is 0 Å². The zero-order valence-electron chi connectivity index (χ0n) is 21.3. The van der Waals surface area contributed by atoms with Crippen LogP contribution in [0, 0.1) is 27.7 Å². The molecular weight excluding hydrogens is 454 g/mol. The van der Waals surface area contributed by atoms with E-state index < -0.39 is 0 Å². The van der Waals surface area contributed by atoms with E-state index in [0.29, 0.717) is 5.71 Å². The normalized spacial score (nSPS) is 11.8. The molecule has 0 N–H and O–H groups in total. The zero-order valence-corrected chi connectivity index (χ0v) is 21.3. The molecule has 4 heteroatoms. The number of furan rings is 1. The van der Waals surface area contributed by atoms with Crippen molar-refractivity contribution in [3.63, 3.8) is 0 Å². The minimum Gasteiger partial charge on any atom is -0.437 e. The molecule has 3 heterocycles. The van der Waals surface area contributed by atoms with Crippen LogP contribution in [0.2, 0.25) is 0 Å². The Bertz CT molecular complexity index is 2010. The minimum atomic E-state index is 0.637. The van der Waals surface area contributed by atoms with Crippen LogP contribution in [0.5, 0.6) is 0 Å². The Labute approximate surface area is 214 Å². The number of rotatable bonds is 2. The minimum absolute atomic E-state index is 0.637. The Morgan fingerprint density at radius 3 is 2.30 bits per heavy atom. The lowest BCUT2D eigenvalue weighted by Crippen LogP contribution is -1.92. The maximum absolute atomic E-state index is 6.48. The van der Waals surface area contributed by atoms with Crippen LogP contribution in [0.1, 0.15) is 22.3 Å². The summed E-state index contributed by atoms with van der Waals surface area (Å²) >= 11 is 0. The first kappa shape index (κ1) is 21.7. The van der Waals surface area contributed by atoms with E-state index in [2.05, 4.69) is 100 Å². The molecule has 0 radical (unpaired) electrons. The van der Waals surface area contributed by atoms with Crippen LogP contribution in [-0.2, 0) is 0 Å². The Morgan fingerprint density at radius 1 is 0.676 bits per heavy atom. The van der Waals surface area contributed by atoms with E-state index in [1.807, 2.05) is 0 Å². The molecule has 4 nitrogen and oxygen atoms in total. The fourth-order valence-corrected chi connectivity index (χ4v) is 5.82. The van der Waals surface area contributed by atoms with E-state index in [4.69, 9.17) is 19.4 Å². The Balaban J connectivity index is 1.49. The van der Waals surface area contributed by atoms with Gasteiger partial charge in [0.05, 0.1) is 16.9 Å². The fourth-order valence-electron chi connectivity index (χ4n) is 5.82. The predicted octanol–water partition coefficient (Wildman–Crippen LogP) is 8.65. The molecular formula is C33H25N3O. The first-order valence-corrected chi connectivity index (χ1v) is 12.5. The van der Waals surface area contributed by atoms with Crippen molar-refractivity contribution in [2.24, 2.45) is 0 Å². The van der Waals surface area contributed by atoms with Crippen molar-refractivity contribution in [2.75, 3.05) is 0 Å². The number of aryl methyl sites for hydroxylation is 4. The lowest BCUT2D eigenvalue weighted by atomic mass is 9.97. The largest absolute Gasteiger partial charge is 0.437 e. The number of pyridine rings is 1. The van der Waals surface area contributed by atoms with Gasteiger partial charge in [-0.25, -0.2) is 15.0 Å². The van der Waals surface area contributed by atoms with Gasteiger partial charge in [0.25, 0.3) is 0 Å². The number of benzene rings is 4. The Kier molecular flexibility index (Phi) is 4.67. The molecule has 0 bridgehead atoms. The highest BCUT2D eigenvalue weighted by atomic mass is 16.3. The van der Waals surface area contributed by atoms with Gasteiger partial charge in [-0.2, -0.15) is 0 Å². The van der Waals surface area contributed by atoms with Crippen molar-refractivity contribution >= 4 is 43.7 Å². The second-order valence-electron chi connectivity index (χ2n) is 9.96. The molecule has 0 spiro atoms. The first-order chi connectivity index (χ1) is 18.0. The van der Waals surface area contributed by atoms with Crippen LogP contribution in [0.15, 0.2) is 83.5 Å². The van der Waals surface area contributed by atoms with Crippen molar-refractivity contribution in [1.82, 2.24) is 15.0 Å². The summed E-state index contributed by atoms with van der Waals surface area (Å²) in [5.41, 5.74) is 11.2. The third kappa shape index (κ3) is 3.26. The molecule has 0 aliphatic carbocycles. The van der Waals surface area contributed by atoms with Gasteiger partial charge in [-0.05, 0) is 74.0 Å². The van der Waals surface area contributed by atoms with Gasteiger partial charge in [0.1, 0.15) is 11.9 Å². The van der Waals surface area contributed by atoms with E-state index >= 15 is 0 Å². The summed E-state index contributed by atoms with van der Waals surface area (Å²) in [6.07, 6.45) is 1.66. The molecule has 0 aliphatic heterocycles. The molecule has 7 aromatic rings. The van der Waals surface area contributed by atoms with Gasteiger partial charge >= 0.3 is 0 Å². The Morgan fingerprint density at radius 2 is 1.46 bits per heavy atom. The summed E-state index contributed by atoms with van der Waals surface area (Å²) in [5.74, 6) is 0. The van der Waals surface area contributed by atoms with Crippen molar-refractivity contribution in [3.05, 3.63) is 101 Å². The van der Waals surface area contributed by atoms with E-state index in [-0.39, 0.29) is 0 Å². The quantitative estimate of drug-likeness (QED) is 0.233. The summed E-state index contributed by atoms with van der Waals surface area (Å²) in [5, 5.41) is 5.41. The number of fused-ring (bicyclic) bond motifs is 6. The summed E-state index contributed by atoms with van der Waals surface area (Å²) in [6.45, 7) is 8.52. The van der Waals surface area contributed by atoms with Gasteiger partial charge in [0.2, 0.25) is 5.71 Å². The highest BCUT2D eigenvalue weighted by Gasteiger charge is 2.18. The van der Waals surface area contributed by atoms with Crippen LogP contribution < -0.4 is 0 Å². The van der Waals surface area contributed by atoms with E-state index in [0.717, 1.165) is 49.8 Å². The molecule has 0 amide bonds. The van der Waals surface area contributed by atoms with E-state index in [1.54, 1.807) is 6.33 Å². The summed E-state index contributed by atoms with van der Waals surface area (Å²) in [4.78, 5) is 14.4.